The van der Waals surface area contributed by atoms with Gasteiger partial charge in [0.15, 0.2) is 0 Å². The van der Waals surface area contributed by atoms with Crippen LogP contribution >= 0.6 is 0 Å². The van der Waals surface area contributed by atoms with Gasteiger partial charge in [0.05, 0.1) is 11.3 Å². The number of hydrogen-bond donors (Lipinski definition) is 2. The highest BCUT2D eigenvalue weighted by Crippen LogP contribution is 2.26. The third-order valence-corrected chi connectivity index (χ3v) is 4.37. The van der Waals surface area contributed by atoms with Crippen LogP contribution in [0.2, 0.25) is 0 Å². The Bertz CT molecular complexity index is 750. The first-order valence-electron chi connectivity index (χ1n) is 8.06. The number of aryl methyl sites for hydroxylation is 1. The van der Waals surface area contributed by atoms with Crippen LogP contribution in [0.5, 0.6) is 0 Å². The fourth-order valence-corrected chi connectivity index (χ4v) is 3.22. The van der Waals surface area contributed by atoms with E-state index in [-0.39, 0.29) is 11.9 Å². The van der Waals surface area contributed by atoms with Crippen molar-refractivity contribution >= 4 is 17.3 Å². The van der Waals surface area contributed by atoms with Crippen molar-refractivity contribution in [3.63, 3.8) is 0 Å². The summed E-state index contributed by atoms with van der Waals surface area (Å²) < 4.78 is 13.3. The van der Waals surface area contributed by atoms with Crippen LogP contribution in [0.15, 0.2) is 36.7 Å². The highest BCUT2D eigenvalue weighted by molar-refractivity contribution is 5.98. The monoisotopic (exact) mass is 328 g/mol. The molecule has 3 N–H and O–H groups in total. The molecule has 0 spiro atoms. The predicted molar refractivity (Wildman–Crippen MR) is 92.7 cm³/mol. The maximum Gasteiger partial charge on any atom is 0.252 e. The van der Waals surface area contributed by atoms with E-state index in [9.17, 15) is 9.18 Å². The molecule has 1 atom stereocenters. The molecular formula is C18H21FN4O. The van der Waals surface area contributed by atoms with E-state index in [0.717, 1.165) is 37.2 Å². The molecule has 126 valence electrons. The van der Waals surface area contributed by atoms with Gasteiger partial charge >= 0.3 is 0 Å². The number of carbonyl (C=O) groups is 1. The van der Waals surface area contributed by atoms with E-state index >= 15 is 0 Å². The smallest absolute Gasteiger partial charge is 0.252 e. The minimum Gasteiger partial charge on any atom is -0.380 e. The van der Waals surface area contributed by atoms with Crippen molar-refractivity contribution in [2.45, 2.75) is 25.8 Å². The molecule has 0 bridgehead atoms. The molecule has 6 heteroatoms. The summed E-state index contributed by atoms with van der Waals surface area (Å²) in [5.74, 6) is -0.710. The fraction of sp³-hybridized carbons (Fsp3) is 0.333. The molecule has 0 radical (unpaired) electrons. The second-order valence-electron chi connectivity index (χ2n) is 6.15. The zero-order valence-electron chi connectivity index (χ0n) is 13.6. The lowest BCUT2D eigenvalue weighted by Crippen LogP contribution is -2.42. The Morgan fingerprint density at radius 2 is 2.25 bits per heavy atom. The van der Waals surface area contributed by atoms with Crippen molar-refractivity contribution in [2.24, 2.45) is 5.73 Å². The Hall–Kier alpha value is -2.63. The highest BCUT2D eigenvalue weighted by Gasteiger charge is 2.22. The van der Waals surface area contributed by atoms with Gasteiger partial charge in [-0.2, -0.15) is 0 Å². The fourth-order valence-electron chi connectivity index (χ4n) is 3.22. The van der Waals surface area contributed by atoms with Gasteiger partial charge in [-0.3, -0.25) is 9.78 Å². The minimum absolute atomic E-state index is 0.184. The number of nitrogens with two attached hydrogens (primary N) is 1. The maximum atomic E-state index is 13.3. The number of anilines is 2. The summed E-state index contributed by atoms with van der Waals surface area (Å²) in [5.41, 5.74) is 8.49. The second-order valence-corrected chi connectivity index (χ2v) is 6.15. The lowest BCUT2D eigenvalue weighted by atomic mass is 10.0. The molecule has 1 amide bonds. The van der Waals surface area contributed by atoms with Gasteiger partial charge in [0.2, 0.25) is 0 Å². The summed E-state index contributed by atoms with van der Waals surface area (Å²) in [5, 5.41) is 3.40. The summed E-state index contributed by atoms with van der Waals surface area (Å²) in [4.78, 5) is 17.7. The molecule has 24 heavy (non-hydrogen) atoms. The number of nitrogens with zero attached hydrogens (tertiary/aromatic N) is 2. The molecule has 1 saturated heterocycles. The average molecular weight is 328 g/mol. The average Bonchev–Trinajstić information content (AvgIpc) is 2.55. The van der Waals surface area contributed by atoms with Gasteiger partial charge in [0.25, 0.3) is 5.91 Å². The van der Waals surface area contributed by atoms with Gasteiger partial charge < -0.3 is 16.0 Å². The number of rotatable bonds is 4. The zero-order valence-corrected chi connectivity index (χ0v) is 13.6. The molecule has 2 aromatic rings. The van der Waals surface area contributed by atoms with Crippen LogP contribution in [-0.4, -0.2) is 30.0 Å². The zero-order chi connectivity index (χ0) is 17.1. The van der Waals surface area contributed by atoms with Crippen LogP contribution in [0.25, 0.3) is 0 Å². The molecule has 1 aliphatic heterocycles. The number of hydrogen-bond acceptors (Lipinski definition) is 4. The Kier molecular flexibility index (Phi) is 4.64. The van der Waals surface area contributed by atoms with Gasteiger partial charge in [-0.1, -0.05) is 0 Å². The largest absolute Gasteiger partial charge is 0.380 e. The number of pyridine rings is 1. The molecular weight excluding hydrogens is 307 g/mol. The number of primary amides is 1. The van der Waals surface area contributed by atoms with Crippen LogP contribution < -0.4 is 16.0 Å². The van der Waals surface area contributed by atoms with Crippen LogP contribution in [-0.2, 0) is 0 Å². The predicted octanol–water partition coefficient (Wildman–Crippen LogP) is 2.71. The number of aromatic nitrogens is 1. The number of nitrogens with one attached hydrogen (secondary N) is 1. The Morgan fingerprint density at radius 1 is 1.42 bits per heavy atom. The molecule has 1 aromatic carbocycles. The summed E-state index contributed by atoms with van der Waals surface area (Å²) in [6, 6.07) is 6.83. The third kappa shape index (κ3) is 3.48. The first-order chi connectivity index (χ1) is 11.5. The van der Waals surface area contributed by atoms with Crippen LogP contribution in [0.4, 0.5) is 15.8 Å². The Balaban J connectivity index is 1.76. The quantitative estimate of drug-likeness (QED) is 0.905. The van der Waals surface area contributed by atoms with E-state index in [1.165, 1.54) is 12.3 Å². The summed E-state index contributed by atoms with van der Waals surface area (Å²) in [6.45, 7) is 3.64. The van der Waals surface area contributed by atoms with E-state index < -0.39 is 5.91 Å². The molecule has 3 rings (SSSR count). The number of amides is 1. The van der Waals surface area contributed by atoms with Crippen molar-refractivity contribution in [2.75, 3.05) is 23.3 Å². The van der Waals surface area contributed by atoms with Gasteiger partial charge in [-0.15, -0.1) is 0 Å². The highest BCUT2D eigenvalue weighted by atomic mass is 19.1. The molecule has 1 unspecified atom stereocenters. The van der Waals surface area contributed by atoms with Crippen molar-refractivity contribution in [1.29, 1.82) is 0 Å². The maximum absolute atomic E-state index is 13.3. The molecule has 0 saturated carbocycles. The number of piperidine rings is 1. The lowest BCUT2D eigenvalue weighted by Gasteiger charge is -2.36. The van der Waals surface area contributed by atoms with Crippen molar-refractivity contribution in [1.82, 2.24) is 4.98 Å². The topological polar surface area (TPSA) is 71.2 Å². The molecule has 2 heterocycles. The van der Waals surface area contributed by atoms with Gasteiger partial charge in [0.1, 0.15) is 5.82 Å². The molecule has 1 fully saturated rings. The number of carbonyl (C=O) groups excluding carboxylic acids is 1. The lowest BCUT2D eigenvalue weighted by molar-refractivity contribution is 0.100. The van der Waals surface area contributed by atoms with Gasteiger partial charge in [-0.05, 0) is 49.6 Å². The van der Waals surface area contributed by atoms with E-state index in [0.29, 0.717) is 11.3 Å². The third-order valence-electron chi connectivity index (χ3n) is 4.37. The molecule has 5 nitrogen and oxygen atoms in total. The van der Waals surface area contributed by atoms with Crippen LogP contribution in [0.3, 0.4) is 0 Å². The number of benzene rings is 1. The van der Waals surface area contributed by atoms with Crippen molar-refractivity contribution < 1.29 is 9.18 Å². The molecule has 1 aromatic heterocycles. The minimum atomic E-state index is -0.493. The summed E-state index contributed by atoms with van der Waals surface area (Å²) in [7, 11) is 0. The number of halogens is 1. The SMILES string of the molecule is Cc1cc(F)ccc1N1CCCC(Nc2ccncc2C(N)=O)C1. The van der Waals surface area contributed by atoms with Crippen molar-refractivity contribution in [3.05, 3.63) is 53.6 Å². The molecule has 1 aliphatic rings. The first kappa shape index (κ1) is 16.2. The summed E-state index contributed by atoms with van der Waals surface area (Å²) in [6.07, 6.45) is 5.14. The summed E-state index contributed by atoms with van der Waals surface area (Å²) >= 11 is 0. The Labute approximate surface area is 140 Å². The van der Waals surface area contributed by atoms with Crippen LogP contribution in [0, 0.1) is 12.7 Å². The van der Waals surface area contributed by atoms with E-state index in [4.69, 9.17) is 5.73 Å². The van der Waals surface area contributed by atoms with Gasteiger partial charge in [0, 0.05) is 37.2 Å². The second kappa shape index (κ2) is 6.86. The van der Waals surface area contributed by atoms with E-state index in [2.05, 4.69) is 15.2 Å². The molecule has 0 aliphatic carbocycles. The van der Waals surface area contributed by atoms with Crippen molar-refractivity contribution in [3.8, 4) is 0 Å². The normalized spacial score (nSPS) is 17.6. The Morgan fingerprint density at radius 3 is 3.00 bits per heavy atom. The van der Waals surface area contributed by atoms with E-state index in [1.54, 1.807) is 18.3 Å². The van der Waals surface area contributed by atoms with E-state index in [1.807, 2.05) is 13.0 Å². The van der Waals surface area contributed by atoms with Crippen LogP contribution in [0.1, 0.15) is 28.8 Å². The first-order valence-corrected chi connectivity index (χ1v) is 8.06. The van der Waals surface area contributed by atoms with Gasteiger partial charge in [-0.25, -0.2) is 4.39 Å². The standard InChI is InChI=1S/C18H21FN4O/c1-12-9-13(19)4-5-17(12)23-8-2-3-14(11-23)22-16-6-7-21-10-15(16)18(20)24/h4-7,9-10,14H,2-3,8,11H2,1H3,(H2,20,24)(H,21,22).